The third-order valence-corrected chi connectivity index (χ3v) is 7.82. The van der Waals surface area contributed by atoms with E-state index >= 15 is 0 Å². The number of hydrogen-bond donors (Lipinski definition) is 6. The van der Waals surface area contributed by atoms with Crippen molar-refractivity contribution in [2.24, 2.45) is 11.5 Å². The first-order valence-electron chi connectivity index (χ1n) is 14.4. The van der Waals surface area contributed by atoms with E-state index in [9.17, 15) is 29.1 Å². The largest absolute Gasteiger partial charge is 0.478 e. The second-order valence-corrected chi connectivity index (χ2v) is 12.0. The van der Waals surface area contributed by atoms with Gasteiger partial charge in [0.1, 0.15) is 11.6 Å². The predicted molar refractivity (Wildman–Crippen MR) is 162 cm³/mol. The average molecular weight is 624 g/mol. The zero-order valence-corrected chi connectivity index (χ0v) is 25.6. The zero-order valence-electron chi connectivity index (χ0n) is 25.6. The van der Waals surface area contributed by atoms with Gasteiger partial charge >= 0.3 is 5.97 Å². The van der Waals surface area contributed by atoms with Crippen LogP contribution in [0.4, 0.5) is 0 Å². The summed E-state index contributed by atoms with van der Waals surface area (Å²) in [5, 5.41) is 38.0. The van der Waals surface area contributed by atoms with Crippen LogP contribution in [0, 0.1) is 10.8 Å². The SMILES string of the molecule is CC(C)(C)N1CCC[C@@]1(C[C@@H](O)[C@H](Cc1ccccc1)NC(=O)[C@H](CC(N)=O)NC(=O)c1ccc(C(=O)O)cc1)C(N)=O.N#N. The first-order valence-corrected chi connectivity index (χ1v) is 14.4. The molecule has 1 aliphatic heterocycles. The molecule has 8 N–H and O–H groups in total. The number of aliphatic hydroxyl groups is 1. The maximum atomic E-state index is 13.5. The fourth-order valence-electron chi connectivity index (χ4n) is 5.76. The molecule has 1 heterocycles. The number of carboxylic acid groups (broad SMARTS) is 1. The molecule has 1 fully saturated rings. The Bertz CT molecular complexity index is 1380. The van der Waals surface area contributed by atoms with E-state index in [1.165, 1.54) is 24.3 Å². The van der Waals surface area contributed by atoms with Crippen molar-refractivity contribution >= 4 is 29.6 Å². The van der Waals surface area contributed by atoms with Crippen LogP contribution in [0.25, 0.3) is 0 Å². The zero-order chi connectivity index (χ0) is 33.9. The lowest BCUT2D eigenvalue weighted by atomic mass is 9.82. The van der Waals surface area contributed by atoms with Gasteiger partial charge in [0.05, 0.1) is 24.1 Å². The van der Waals surface area contributed by atoms with E-state index in [-0.39, 0.29) is 24.0 Å². The van der Waals surface area contributed by atoms with Gasteiger partial charge in [0, 0.05) is 28.3 Å². The minimum absolute atomic E-state index is 0.0262. The van der Waals surface area contributed by atoms with Crippen molar-refractivity contribution in [3.63, 3.8) is 0 Å². The highest BCUT2D eigenvalue weighted by molar-refractivity contribution is 5.99. The molecule has 4 amide bonds. The van der Waals surface area contributed by atoms with Crippen molar-refractivity contribution < 1.29 is 34.2 Å². The fraction of sp³-hybridized carbons (Fsp3) is 0.452. The predicted octanol–water partition coefficient (Wildman–Crippen LogP) is 0.986. The van der Waals surface area contributed by atoms with Crippen LogP contribution < -0.4 is 22.1 Å². The second kappa shape index (κ2) is 15.7. The van der Waals surface area contributed by atoms with Gasteiger partial charge in [-0.3, -0.25) is 24.1 Å². The molecule has 1 aliphatic rings. The number of rotatable bonds is 13. The van der Waals surface area contributed by atoms with Crippen molar-refractivity contribution in [2.45, 2.75) is 82.1 Å². The van der Waals surface area contributed by atoms with Crippen molar-refractivity contribution in [3.05, 3.63) is 71.3 Å². The van der Waals surface area contributed by atoms with E-state index in [0.29, 0.717) is 19.4 Å². The summed E-state index contributed by atoms with van der Waals surface area (Å²) in [6.45, 7) is 6.53. The van der Waals surface area contributed by atoms with Crippen LogP contribution in [0.5, 0.6) is 0 Å². The third kappa shape index (κ3) is 9.56. The Morgan fingerprint density at radius 2 is 1.53 bits per heavy atom. The molecule has 1 saturated heterocycles. The van der Waals surface area contributed by atoms with Gasteiger partial charge < -0.3 is 32.3 Å². The number of amides is 4. The lowest BCUT2D eigenvalue weighted by Gasteiger charge is -2.46. The summed E-state index contributed by atoms with van der Waals surface area (Å²) >= 11 is 0. The second-order valence-electron chi connectivity index (χ2n) is 12.0. The molecular weight excluding hydrogens is 582 g/mol. The van der Waals surface area contributed by atoms with Gasteiger partial charge in [-0.2, -0.15) is 0 Å². The molecule has 0 bridgehead atoms. The molecule has 2 aromatic rings. The molecule has 4 atom stereocenters. The molecule has 14 heteroatoms. The maximum absolute atomic E-state index is 13.5. The number of benzene rings is 2. The van der Waals surface area contributed by atoms with Gasteiger partial charge in [0.15, 0.2) is 0 Å². The van der Waals surface area contributed by atoms with Gasteiger partial charge in [-0.1, -0.05) is 30.3 Å². The molecule has 0 saturated carbocycles. The van der Waals surface area contributed by atoms with Crippen LogP contribution in [0.2, 0.25) is 0 Å². The van der Waals surface area contributed by atoms with Gasteiger partial charge in [0.25, 0.3) is 5.91 Å². The van der Waals surface area contributed by atoms with Crippen LogP contribution in [-0.2, 0) is 20.8 Å². The van der Waals surface area contributed by atoms with E-state index in [0.717, 1.165) is 5.56 Å². The number of aromatic carboxylic acids is 1. The Kier molecular flexibility index (Phi) is 12.7. The van der Waals surface area contributed by atoms with Crippen molar-refractivity contribution in [3.8, 4) is 0 Å². The summed E-state index contributed by atoms with van der Waals surface area (Å²) in [7, 11) is 0. The molecule has 45 heavy (non-hydrogen) atoms. The Morgan fingerprint density at radius 1 is 0.956 bits per heavy atom. The molecule has 3 rings (SSSR count). The van der Waals surface area contributed by atoms with Crippen LogP contribution in [-0.4, -0.2) is 80.5 Å². The summed E-state index contributed by atoms with van der Waals surface area (Å²) < 4.78 is 0. The van der Waals surface area contributed by atoms with Crippen LogP contribution in [0.15, 0.2) is 54.6 Å². The van der Waals surface area contributed by atoms with Gasteiger partial charge in [0.2, 0.25) is 17.7 Å². The number of carboxylic acids is 1. The van der Waals surface area contributed by atoms with E-state index in [1.54, 1.807) is 0 Å². The Morgan fingerprint density at radius 3 is 2.04 bits per heavy atom. The summed E-state index contributed by atoms with van der Waals surface area (Å²) in [6.07, 6.45) is -0.450. The first-order chi connectivity index (χ1) is 21.1. The number of primary amides is 2. The summed E-state index contributed by atoms with van der Waals surface area (Å²) in [6, 6.07) is 11.9. The quantitative estimate of drug-likeness (QED) is 0.172. The van der Waals surface area contributed by atoms with Gasteiger partial charge in [-0.25, -0.2) is 4.79 Å². The Hall–Kier alpha value is -4.87. The number of nitrogens with one attached hydrogen (secondary N) is 2. The topological polar surface area (TPSA) is 253 Å². The number of carbonyl (C=O) groups excluding carboxylic acids is 4. The number of aliphatic hydroxyl groups excluding tert-OH is 1. The summed E-state index contributed by atoms with van der Waals surface area (Å²) in [4.78, 5) is 64.4. The Labute approximate surface area is 261 Å². The molecule has 0 spiro atoms. The van der Waals surface area contributed by atoms with Gasteiger partial charge in [-0.15, -0.1) is 0 Å². The lowest BCUT2D eigenvalue weighted by molar-refractivity contribution is -0.135. The number of likely N-dealkylation sites (tertiary alicyclic amines) is 1. The molecule has 0 aliphatic carbocycles. The summed E-state index contributed by atoms with van der Waals surface area (Å²) in [5.41, 5.74) is 10.6. The minimum Gasteiger partial charge on any atom is -0.478 e. The van der Waals surface area contributed by atoms with E-state index in [1.807, 2.05) is 56.0 Å². The molecule has 0 radical (unpaired) electrons. The minimum atomic E-state index is -1.39. The maximum Gasteiger partial charge on any atom is 0.335 e. The molecule has 0 unspecified atom stereocenters. The first kappa shape index (κ1) is 36.3. The van der Waals surface area contributed by atoms with E-state index in [2.05, 4.69) is 10.6 Å². The van der Waals surface area contributed by atoms with Gasteiger partial charge in [-0.05, 0) is 76.4 Å². The molecular formula is C31H41N7O7. The average Bonchev–Trinajstić information content (AvgIpc) is 3.43. The van der Waals surface area contributed by atoms with Crippen LogP contribution in [0.3, 0.4) is 0 Å². The highest BCUT2D eigenvalue weighted by Gasteiger charge is 2.51. The Balaban J connectivity index is 0.00000345. The van der Waals surface area contributed by atoms with Crippen molar-refractivity contribution in [2.75, 3.05) is 6.54 Å². The molecule has 0 aromatic heterocycles. The van der Waals surface area contributed by atoms with Crippen molar-refractivity contribution in [1.82, 2.24) is 15.5 Å². The number of carbonyl (C=O) groups is 5. The molecule has 242 valence electrons. The lowest BCUT2D eigenvalue weighted by Crippen LogP contribution is -2.63. The summed E-state index contributed by atoms with van der Waals surface area (Å²) in [5.74, 6) is -4.06. The normalized spacial score (nSPS) is 18.4. The van der Waals surface area contributed by atoms with E-state index in [4.69, 9.17) is 27.4 Å². The number of nitrogens with two attached hydrogens (primary N) is 2. The highest BCUT2D eigenvalue weighted by atomic mass is 16.4. The number of nitrogens with zero attached hydrogens (tertiary/aromatic N) is 3. The smallest absolute Gasteiger partial charge is 0.335 e. The van der Waals surface area contributed by atoms with E-state index < -0.39 is 65.3 Å². The molecule has 2 aromatic carbocycles. The highest BCUT2D eigenvalue weighted by Crippen LogP contribution is 2.39. The fourth-order valence-corrected chi connectivity index (χ4v) is 5.76. The van der Waals surface area contributed by atoms with Crippen LogP contribution in [0.1, 0.15) is 72.7 Å². The number of hydrogen-bond acceptors (Lipinski definition) is 9. The monoisotopic (exact) mass is 623 g/mol. The standard InChI is InChI=1S/C31H41N5O7.N2/c1-30(2,3)36-15-7-14-31(36,29(33)43)18-24(37)22(16-19-8-5-4-6-9-19)34-27(40)23(17-25(32)38)35-26(39)20-10-12-21(13-11-20)28(41)42;1-2/h4-6,8-13,22-24,37H,7,14-18H2,1-3H3,(H2,32,38)(H2,33,43)(H,34,40)(H,35,39)(H,41,42);/t22-,23-,24+,31+;/m0./s1. The third-order valence-electron chi connectivity index (χ3n) is 7.82. The molecule has 14 nitrogen and oxygen atoms in total. The van der Waals surface area contributed by atoms with Crippen LogP contribution >= 0.6 is 0 Å². The van der Waals surface area contributed by atoms with Crippen molar-refractivity contribution in [1.29, 1.82) is 10.8 Å².